The van der Waals surface area contributed by atoms with E-state index in [2.05, 4.69) is 25.4 Å². The Morgan fingerprint density at radius 2 is 1.76 bits per heavy atom. The molecule has 0 atom stereocenters. The maximum absolute atomic E-state index is 13.9. The molecular weight excluding hydrogens is 468 g/mol. The average molecular weight is 497 g/mol. The minimum atomic E-state index is -0.350. The SMILES string of the molecule is O=C(NC12CCC(C(=O)N3CCc4onc(-c5ccncc5)c4C3)(CC1)CC2)c1nc2ccccc2[nH]1. The van der Waals surface area contributed by atoms with Crippen LogP contribution >= 0.6 is 0 Å². The Balaban J connectivity index is 1.05. The maximum Gasteiger partial charge on any atom is 0.287 e. The number of carbonyl (C=O) groups is 2. The van der Waals surface area contributed by atoms with Crippen LogP contribution in [0.4, 0.5) is 0 Å². The van der Waals surface area contributed by atoms with E-state index in [4.69, 9.17) is 4.52 Å². The Morgan fingerprint density at radius 3 is 2.51 bits per heavy atom. The number of hydrogen-bond acceptors (Lipinski definition) is 6. The van der Waals surface area contributed by atoms with Crippen LogP contribution in [0.2, 0.25) is 0 Å². The van der Waals surface area contributed by atoms with Crippen LogP contribution in [0.3, 0.4) is 0 Å². The molecule has 4 aliphatic rings. The van der Waals surface area contributed by atoms with E-state index in [-0.39, 0.29) is 22.8 Å². The number of nitrogens with zero attached hydrogens (tertiary/aromatic N) is 4. The zero-order valence-corrected chi connectivity index (χ0v) is 20.5. The van der Waals surface area contributed by atoms with Crippen molar-refractivity contribution in [3.63, 3.8) is 0 Å². The van der Waals surface area contributed by atoms with Crippen molar-refractivity contribution in [1.82, 2.24) is 30.3 Å². The number of hydrogen-bond donors (Lipinski definition) is 2. The second-order valence-electron chi connectivity index (χ2n) is 10.8. The summed E-state index contributed by atoms with van der Waals surface area (Å²) in [5.74, 6) is 1.28. The average Bonchev–Trinajstić information content (AvgIpc) is 3.58. The zero-order chi connectivity index (χ0) is 25.0. The fraction of sp³-hybridized carbons (Fsp3) is 0.393. The number of carbonyl (C=O) groups excluding carboxylic acids is 2. The van der Waals surface area contributed by atoms with Crippen LogP contribution < -0.4 is 5.32 Å². The van der Waals surface area contributed by atoms with E-state index < -0.39 is 0 Å². The molecule has 1 aromatic carbocycles. The number of para-hydroxylation sites is 2. The highest BCUT2D eigenvalue weighted by molar-refractivity contribution is 5.94. The number of pyridine rings is 1. The number of amides is 2. The van der Waals surface area contributed by atoms with Gasteiger partial charge in [-0.15, -0.1) is 0 Å². The van der Waals surface area contributed by atoms with E-state index >= 15 is 0 Å². The molecule has 0 spiro atoms. The van der Waals surface area contributed by atoms with Gasteiger partial charge in [0, 0.05) is 47.4 Å². The van der Waals surface area contributed by atoms with Crippen LogP contribution in [0, 0.1) is 5.41 Å². The molecule has 1 aliphatic heterocycles. The molecule has 2 amide bonds. The molecule has 9 heteroatoms. The van der Waals surface area contributed by atoms with Gasteiger partial charge in [0.2, 0.25) is 5.91 Å². The van der Waals surface area contributed by atoms with E-state index in [1.165, 1.54) is 0 Å². The molecule has 2 N–H and O–H groups in total. The number of imidazole rings is 1. The first-order valence-corrected chi connectivity index (χ1v) is 13.0. The van der Waals surface area contributed by atoms with Gasteiger partial charge >= 0.3 is 0 Å². The first-order valence-electron chi connectivity index (χ1n) is 13.0. The topological polar surface area (TPSA) is 117 Å². The number of rotatable bonds is 4. The highest BCUT2D eigenvalue weighted by Gasteiger charge is 2.54. The third-order valence-electron chi connectivity index (χ3n) is 8.75. The fourth-order valence-corrected chi connectivity index (χ4v) is 6.51. The Labute approximate surface area is 213 Å². The largest absolute Gasteiger partial charge is 0.360 e. The first kappa shape index (κ1) is 22.2. The molecular formula is C28H28N6O3. The van der Waals surface area contributed by atoms with E-state index in [1.54, 1.807) is 12.4 Å². The van der Waals surface area contributed by atoms with Gasteiger partial charge in [-0.1, -0.05) is 17.3 Å². The molecule has 0 unspecified atom stereocenters. The van der Waals surface area contributed by atoms with Gasteiger partial charge in [-0.2, -0.15) is 0 Å². The van der Waals surface area contributed by atoms with Crippen molar-refractivity contribution in [2.24, 2.45) is 5.41 Å². The summed E-state index contributed by atoms with van der Waals surface area (Å²) < 4.78 is 5.62. The molecule has 0 radical (unpaired) electrons. The summed E-state index contributed by atoms with van der Waals surface area (Å²) in [6, 6.07) is 11.5. The molecule has 188 valence electrons. The fourth-order valence-electron chi connectivity index (χ4n) is 6.51. The van der Waals surface area contributed by atoms with E-state index in [1.807, 2.05) is 41.3 Å². The van der Waals surface area contributed by atoms with Gasteiger partial charge in [-0.05, 0) is 62.8 Å². The molecule has 9 nitrogen and oxygen atoms in total. The minimum absolute atomic E-state index is 0.170. The van der Waals surface area contributed by atoms with E-state index in [9.17, 15) is 9.59 Å². The van der Waals surface area contributed by atoms with Gasteiger partial charge in [0.25, 0.3) is 5.91 Å². The number of aromatic amines is 1. The van der Waals surface area contributed by atoms with Gasteiger partial charge in [0.15, 0.2) is 5.82 Å². The Bertz CT molecular complexity index is 1450. The standard InChI is InChI=1S/C28H28N6O3/c35-25(24-30-20-3-1-2-4-21(20)31-24)32-28-11-8-27(9-12-28,10-13-28)26(36)34-16-7-22-19(17-34)23(33-37-22)18-5-14-29-15-6-18/h1-6,14-15H,7-13,16-17H2,(H,30,31)(H,32,35). The quantitative estimate of drug-likeness (QED) is 0.441. The number of nitrogens with one attached hydrogen (secondary N) is 2. The number of aromatic nitrogens is 4. The Hall–Kier alpha value is -4.01. The molecule has 4 heterocycles. The number of fused-ring (bicyclic) bond motifs is 5. The zero-order valence-electron chi connectivity index (χ0n) is 20.5. The van der Waals surface area contributed by atoms with Gasteiger partial charge in [-0.3, -0.25) is 14.6 Å². The highest BCUT2D eigenvalue weighted by atomic mass is 16.5. The summed E-state index contributed by atoms with van der Waals surface area (Å²) >= 11 is 0. The third kappa shape index (κ3) is 3.63. The lowest BCUT2D eigenvalue weighted by atomic mass is 9.56. The molecule has 3 fully saturated rings. The van der Waals surface area contributed by atoms with Crippen LogP contribution in [-0.2, 0) is 17.8 Å². The predicted octanol–water partition coefficient (Wildman–Crippen LogP) is 4.02. The summed E-state index contributed by atoms with van der Waals surface area (Å²) in [6.07, 6.45) is 8.93. The molecule has 4 aromatic rings. The van der Waals surface area contributed by atoms with Gasteiger partial charge in [0.1, 0.15) is 11.5 Å². The van der Waals surface area contributed by atoms with Crippen molar-refractivity contribution < 1.29 is 14.1 Å². The minimum Gasteiger partial charge on any atom is -0.360 e. The summed E-state index contributed by atoms with van der Waals surface area (Å²) in [7, 11) is 0. The second kappa shape index (κ2) is 8.26. The lowest BCUT2D eigenvalue weighted by Gasteiger charge is -2.53. The molecule has 0 saturated heterocycles. The maximum atomic E-state index is 13.9. The van der Waals surface area contributed by atoms with Crippen LogP contribution in [-0.4, -0.2) is 48.9 Å². The van der Waals surface area contributed by atoms with Crippen molar-refractivity contribution >= 4 is 22.8 Å². The number of H-pyrrole nitrogens is 1. The molecule has 3 saturated carbocycles. The molecule has 3 aromatic heterocycles. The van der Waals surface area contributed by atoms with Crippen molar-refractivity contribution in [2.45, 2.75) is 57.0 Å². The molecule has 37 heavy (non-hydrogen) atoms. The van der Waals surface area contributed by atoms with Gasteiger partial charge < -0.3 is 19.7 Å². The predicted molar refractivity (Wildman–Crippen MR) is 135 cm³/mol. The van der Waals surface area contributed by atoms with E-state index in [0.717, 1.165) is 72.1 Å². The van der Waals surface area contributed by atoms with Crippen molar-refractivity contribution in [1.29, 1.82) is 0 Å². The van der Waals surface area contributed by atoms with Crippen LogP contribution in [0.5, 0.6) is 0 Å². The normalized spacial score (nSPS) is 24.7. The van der Waals surface area contributed by atoms with Crippen molar-refractivity contribution in [3.8, 4) is 11.3 Å². The second-order valence-corrected chi connectivity index (χ2v) is 10.8. The Morgan fingerprint density at radius 1 is 1.00 bits per heavy atom. The number of benzene rings is 1. The summed E-state index contributed by atoms with van der Waals surface area (Å²) in [4.78, 5) is 40.7. The lowest BCUT2D eigenvalue weighted by Crippen LogP contribution is -2.60. The lowest BCUT2D eigenvalue weighted by molar-refractivity contribution is -0.150. The van der Waals surface area contributed by atoms with Crippen molar-refractivity contribution in [2.75, 3.05) is 6.54 Å². The van der Waals surface area contributed by atoms with Crippen LogP contribution in [0.15, 0.2) is 53.3 Å². The van der Waals surface area contributed by atoms with Crippen LogP contribution in [0.1, 0.15) is 60.5 Å². The van der Waals surface area contributed by atoms with Gasteiger partial charge in [0.05, 0.1) is 17.6 Å². The van der Waals surface area contributed by atoms with Crippen LogP contribution in [0.25, 0.3) is 22.3 Å². The molecule has 2 bridgehead atoms. The monoisotopic (exact) mass is 496 g/mol. The molecule has 3 aliphatic carbocycles. The first-order chi connectivity index (χ1) is 18.0. The summed E-state index contributed by atoms with van der Waals surface area (Å²) in [6.45, 7) is 1.16. The van der Waals surface area contributed by atoms with Gasteiger partial charge in [-0.25, -0.2) is 4.98 Å². The summed E-state index contributed by atoms with van der Waals surface area (Å²) in [5, 5.41) is 7.59. The third-order valence-corrected chi connectivity index (χ3v) is 8.75. The van der Waals surface area contributed by atoms with E-state index in [0.29, 0.717) is 25.3 Å². The molecule has 8 rings (SSSR count). The summed E-state index contributed by atoms with van der Waals surface area (Å²) in [5.41, 5.74) is 3.77. The van der Waals surface area contributed by atoms with Crippen molar-refractivity contribution in [3.05, 3.63) is 65.9 Å². The Kier molecular flexibility index (Phi) is 4.96. The smallest absolute Gasteiger partial charge is 0.287 e. The highest BCUT2D eigenvalue weighted by Crippen LogP contribution is 2.53.